The highest BCUT2D eigenvalue weighted by molar-refractivity contribution is 5.58. The lowest BCUT2D eigenvalue weighted by Crippen LogP contribution is -2.40. The molecule has 0 bridgehead atoms. The fourth-order valence-electron chi connectivity index (χ4n) is 2.58. The van der Waals surface area contributed by atoms with E-state index in [1.807, 2.05) is 12.1 Å². The number of hydrogen-bond donors (Lipinski definition) is 1. The third kappa shape index (κ3) is 1.72. The van der Waals surface area contributed by atoms with E-state index in [1.165, 1.54) is 0 Å². The second-order valence-electron chi connectivity index (χ2n) is 5.22. The van der Waals surface area contributed by atoms with Crippen molar-refractivity contribution in [3.8, 4) is 17.2 Å². The molecule has 0 aromatic heterocycles. The van der Waals surface area contributed by atoms with Gasteiger partial charge in [0.2, 0.25) is 5.75 Å². The molecule has 2 N–H and O–H groups in total. The Hall–Kier alpha value is -1.42. The van der Waals surface area contributed by atoms with Crippen LogP contribution in [0.1, 0.15) is 38.3 Å². The fourth-order valence-corrected chi connectivity index (χ4v) is 2.58. The van der Waals surface area contributed by atoms with E-state index in [-0.39, 0.29) is 11.6 Å². The summed E-state index contributed by atoms with van der Waals surface area (Å²) in [5.41, 5.74) is 7.05. The second-order valence-corrected chi connectivity index (χ2v) is 5.22. The summed E-state index contributed by atoms with van der Waals surface area (Å²) in [7, 11) is 0. The van der Waals surface area contributed by atoms with Gasteiger partial charge in [-0.25, -0.2) is 0 Å². The zero-order valence-electron chi connectivity index (χ0n) is 10.9. The van der Waals surface area contributed by atoms with Gasteiger partial charge in [0, 0.05) is 18.0 Å². The summed E-state index contributed by atoms with van der Waals surface area (Å²) in [5.74, 6) is 2.25. The number of fused-ring (bicyclic) bond motifs is 3. The number of hydrogen-bond acceptors (Lipinski definition) is 4. The van der Waals surface area contributed by atoms with Crippen LogP contribution in [-0.2, 0) is 0 Å². The summed E-state index contributed by atoms with van der Waals surface area (Å²) in [4.78, 5) is 0. The van der Waals surface area contributed by atoms with Crippen molar-refractivity contribution in [2.75, 3.05) is 13.2 Å². The predicted molar refractivity (Wildman–Crippen MR) is 68.3 cm³/mol. The first-order valence-corrected chi connectivity index (χ1v) is 6.50. The van der Waals surface area contributed by atoms with Gasteiger partial charge in [0.15, 0.2) is 11.5 Å². The standard InChI is InChI=1S/C14H19NO3/c1-3-14(2)8-10(15)9-4-5-11-13(12(9)18-14)17-7-6-16-11/h4-5,10H,3,6-8,15H2,1-2H3. The average Bonchev–Trinajstić information content (AvgIpc) is 2.38. The Labute approximate surface area is 107 Å². The zero-order chi connectivity index (χ0) is 12.8. The summed E-state index contributed by atoms with van der Waals surface area (Å²) >= 11 is 0. The van der Waals surface area contributed by atoms with Crippen LogP contribution < -0.4 is 19.9 Å². The fraction of sp³-hybridized carbons (Fsp3) is 0.571. The Balaban J connectivity index is 2.09. The van der Waals surface area contributed by atoms with Crippen molar-refractivity contribution in [3.05, 3.63) is 17.7 Å². The van der Waals surface area contributed by atoms with Crippen LogP contribution in [-0.4, -0.2) is 18.8 Å². The molecule has 0 amide bonds. The summed E-state index contributed by atoms with van der Waals surface area (Å²) in [6.07, 6.45) is 1.75. The van der Waals surface area contributed by atoms with Crippen molar-refractivity contribution in [2.45, 2.75) is 38.3 Å². The van der Waals surface area contributed by atoms with Crippen LogP contribution >= 0.6 is 0 Å². The maximum absolute atomic E-state index is 6.25. The van der Waals surface area contributed by atoms with Crippen LogP contribution in [0, 0.1) is 0 Å². The van der Waals surface area contributed by atoms with Crippen LogP contribution in [0.15, 0.2) is 12.1 Å². The highest BCUT2D eigenvalue weighted by Crippen LogP contribution is 2.49. The normalized spacial score (nSPS) is 29.4. The van der Waals surface area contributed by atoms with Gasteiger partial charge in [-0.1, -0.05) is 6.92 Å². The van der Waals surface area contributed by atoms with Gasteiger partial charge in [0.05, 0.1) is 0 Å². The number of nitrogens with two attached hydrogens (primary N) is 1. The lowest BCUT2D eigenvalue weighted by molar-refractivity contribution is 0.0423. The van der Waals surface area contributed by atoms with Gasteiger partial charge < -0.3 is 19.9 Å². The minimum Gasteiger partial charge on any atom is -0.486 e. The number of benzene rings is 1. The third-order valence-corrected chi connectivity index (χ3v) is 3.84. The molecular weight excluding hydrogens is 230 g/mol. The first-order chi connectivity index (χ1) is 8.63. The second kappa shape index (κ2) is 4.05. The van der Waals surface area contributed by atoms with Crippen molar-refractivity contribution < 1.29 is 14.2 Å². The molecule has 0 saturated heterocycles. The van der Waals surface area contributed by atoms with Crippen LogP contribution in [0.5, 0.6) is 17.2 Å². The molecule has 1 aromatic carbocycles. The smallest absolute Gasteiger partial charge is 0.204 e. The van der Waals surface area contributed by atoms with Gasteiger partial charge in [-0.05, 0) is 25.5 Å². The Morgan fingerprint density at radius 2 is 2.06 bits per heavy atom. The zero-order valence-corrected chi connectivity index (χ0v) is 10.9. The van der Waals surface area contributed by atoms with Crippen molar-refractivity contribution in [1.29, 1.82) is 0 Å². The first-order valence-electron chi connectivity index (χ1n) is 6.50. The maximum Gasteiger partial charge on any atom is 0.204 e. The van der Waals surface area contributed by atoms with Crippen molar-refractivity contribution in [1.82, 2.24) is 0 Å². The quantitative estimate of drug-likeness (QED) is 0.830. The van der Waals surface area contributed by atoms with Gasteiger partial charge in [0.1, 0.15) is 18.8 Å². The minimum absolute atomic E-state index is 0.00507. The molecule has 2 atom stereocenters. The summed E-state index contributed by atoms with van der Waals surface area (Å²) in [6.45, 7) is 5.36. The summed E-state index contributed by atoms with van der Waals surface area (Å²) < 4.78 is 17.4. The highest BCUT2D eigenvalue weighted by Gasteiger charge is 2.37. The van der Waals surface area contributed by atoms with E-state index >= 15 is 0 Å². The predicted octanol–water partition coefficient (Wildman–Crippen LogP) is 2.41. The van der Waals surface area contributed by atoms with Crippen molar-refractivity contribution in [2.24, 2.45) is 5.73 Å². The Bertz CT molecular complexity index is 474. The summed E-state index contributed by atoms with van der Waals surface area (Å²) in [6, 6.07) is 3.91. The van der Waals surface area contributed by atoms with Crippen molar-refractivity contribution >= 4 is 0 Å². The molecule has 4 heteroatoms. The minimum atomic E-state index is -0.220. The molecule has 1 aromatic rings. The molecule has 2 heterocycles. The molecule has 0 spiro atoms. The molecule has 0 fully saturated rings. The maximum atomic E-state index is 6.25. The molecule has 0 saturated carbocycles. The SMILES string of the molecule is CCC1(C)CC(N)c2ccc3c(c2O1)OCCO3. The van der Waals surface area contributed by atoms with Gasteiger partial charge in [0.25, 0.3) is 0 Å². The monoisotopic (exact) mass is 249 g/mol. The Kier molecular flexibility index (Phi) is 2.63. The molecule has 3 rings (SSSR count). The van der Waals surface area contributed by atoms with Crippen LogP contribution in [0.4, 0.5) is 0 Å². The van der Waals surface area contributed by atoms with E-state index in [0.29, 0.717) is 19.0 Å². The van der Waals surface area contributed by atoms with E-state index in [4.69, 9.17) is 19.9 Å². The largest absolute Gasteiger partial charge is 0.486 e. The molecule has 2 aliphatic rings. The molecule has 2 unspecified atom stereocenters. The molecule has 0 aliphatic carbocycles. The van der Waals surface area contributed by atoms with Gasteiger partial charge in [-0.3, -0.25) is 0 Å². The van der Waals surface area contributed by atoms with Crippen LogP contribution in [0.3, 0.4) is 0 Å². The molecule has 4 nitrogen and oxygen atoms in total. The highest BCUT2D eigenvalue weighted by atomic mass is 16.6. The lowest BCUT2D eigenvalue weighted by atomic mass is 9.87. The average molecular weight is 249 g/mol. The van der Waals surface area contributed by atoms with E-state index < -0.39 is 0 Å². The Morgan fingerprint density at radius 3 is 2.83 bits per heavy atom. The van der Waals surface area contributed by atoms with Crippen LogP contribution in [0.2, 0.25) is 0 Å². The van der Waals surface area contributed by atoms with E-state index in [0.717, 1.165) is 29.9 Å². The Morgan fingerprint density at radius 1 is 1.28 bits per heavy atom. The topological polar surface area (TPSA) is 53.7 Å². The number of ether oxygens (including phenoxy) is 3. The molecule has 0 radical (unpaired) electrons. The van der Waals surface area contributed by atoms with E-state index in [9.17, 15) is 0 Å². The first kappa shape index (κ1) is 11.7. The van der Waals surface area contributed by atoms with E-state index in [1.54, 1.807) is 0 Å². The lowest BCUT2D eigenvalue weighted by Gasteiger charge is -2.39. The number of rotatable bonds is 1. The molecular formula is C14H19NO3. The van der Waals surface area contributed by atoms with Gasteiger partial charge in [-0.2, -0.15) is 0 Å². The van der Waals surface area contributed by atoms with Crippen LogP contribution in [0.25, 0.3) is 0 Å². The van der Waals surface area contributed by atoms with Gasteiger partial charge in [-0.15, -0.1) is 0 Å². The molecule has 98 valence electrons. The van der Waals surface area contributed by atoms with Crippen molar-refractivity contribution in [3.63, 3.8) is 0 Å². The van der Waals surface area contributed by atoms with Gasteiger partial charge >= 0.3 is 0 Å². The van der Waals surface area contributed by atoms with E-state index in [2.05, 4.69) is 13.8 Å². The third-order valence-electron chi connectivity index (χ3n) is 3.84. The molecule has 18 heavy (non-hydrogen) atoms. The summed E-state index contributed by atoms with van der Waals surface area (Å²) in [5, 5.41) is 0. The molecule has 2 aliphatic heterocycles.